The van der Waals surface area contributed by atoms with Crippen molar-refractivity contribution in [3.8, 4) is 0 Å². The highest BCUT2D eigenvalue weighted by Gasteiger charge is 2.07. The van der Waals surface area contributed by atoms with Gasteiger partial charge in [0, 0.05) is 6.54 Å². The molecule has 1 heteroatoms. The van der Waals surface area contributed by atoms with E-state index in [-0.39, 0.29) is 0 Å². The predicted molar refractivity (Wildman–Crippen MR) is 119 cm³/mol. The molecule has 0 aromatic rings. The van der Waals surface area contributed by atoms with Crippen LogP contribution in [0.25, 0.3) is 0 Å². The first-order valence-corrected chi connectivity index (χ1v) is 10.8. The Hall–Kier alpha value is -1.08. The lowest BCUT2D eigenvalue weighted by molar-refractivity contribution is 0.251. The summed E-state index contributed by atoms with van der Waals surface area (Å²) in [6.45, 7) is 15.0. The van der Waals surface area contributed by atoms with Gasteiger partial charge in [-0.1, -0.05) is 53.0 Å². The second-order valence-electron chi connectivity index (χ2n) is 8.41. The molecule has 1 nitrogen and oxygen atoms in total. The van der Waals surface area contributed by atoms with E-state index in [9.17, 15) is 0 Å². The van der Waals surface area contributed by atoms with Gasteiger partial charge in [-0.05, 0) is 99.1 Å². The van der Waals surface area contributed by atoms with Gasteiger partial charge in [-0.3, -0.25) is 4.90 Å². The van der Waals surface area contributed by atoms with E-state index in [2.05, 4.69) is 63.8 Å². The Morgan fingerprint density at radius 1 is 0.615 bits per heavy atom. The molecule has 1 saturated heterocycles. The Morgan fingerprint density at radius 3 is 1.58 bits per heavy atom. The first kappa shape index (κ1) is 23.0. The molecule has 0 atom stereocenters. The van der Waals surface area contributed by atoms with E-state index < -0.39 is 0 Å². The summed E-state index contributed by atoms with van der Waals surface area (Å²) in [6, 6.07) is 0. The van der Waals surface area contributed by atoms with Crippen molar-refractivity contribution in [1.82, 2.24) is 4.90 Å². The second-order valence-corrected chi connectivity index (χ2v) is 8.41. The summed E-state index contributed by atoms with van der Waals surface area (Å²) < 4.78 is 0. The molecule has 0 amide bonds. The third-order valence-electron chi connectivity index (χ3n) is 5.30. The summed E-state index contributed by atoms with van der Waals surface area (Å²) in [7, 11) is 0. The van der Waals surface area contributed by atoms with E-state index in [0.717, 1.165) is 6.54 Å². The molecule has 0 radical (unpaired) electrons. The summed E-state index contributed by atoms with van der Waals surface area (Å²) in [6.07, 6.45) is 21.0. The Labute approximate surface area is 163 Å². The van der Waals surface area contributed by atoms with Crippen molar-refractivity contribution in [2.24, 2.45) is 0 Å². The highest BCUT2D eigenvalue weighted by Crippen LogP contribution is 2.14. The molecule has 0 aromatic carbocycles. The van der Waals surface area contributed by atoms with Gasteiger partial charge in [0.25, 0.3) is 0 Å². The SMILES string of the molecule is CC(C)=CCC/C(C)=C/CC/C(C)=C/CC/C(C)=C/CN1CCCCC1. The van der Waals surface area contributed by atoms with Crippen LogP contribution in [0.2, 0.25) is 0 Å². The molecule has 0 aromatic heterocycles. The van der Waals surface area contributed by atoms with Crippen LogP contribution in [0.5, 0.6) is 0 Å². The molecule has 0 bridgehead atoms. The smallest absolute Gasteiger partial charge is 0.0165 e. The lowest BCUT2D eigenvalue weighted by Crippen LogP contribution is -2.29. The largest absolute Gasteiger partial charge is 0.300 e. The van der Waals surface area contributed by atoms with Gasteiger partial charge in [0.2, 0.25) is 0 Å². The third kappa shape index (κ3) is 12.3. The number of hydrogen-bond acceptors (Lipinski definition) is 1. The van der Waals surface area contributed by atoms with Gasteiger partial charge in [-0.25, -0.2) is 0 Å². The fourth-order valence-electron chi connectivity index (χ4n) is 3.41. The van der Waals surface area contributed by atoms with Crippen LogP contribution in [0.15, 0.2) is 46.6 Å². The zero-order chi connectivity index (χ0) is 19.2. The van der Waals surface area contributed by atoms with Gasteiger partial charge in [0.05, 0.1) is 0 Å². The lowest BCUT2D eigenvalue weighted by atomic mass is 10.0. The Balaban J connectivity index is 2.18. The molecule has 1 fully saturated rings. The molecule has 1 rings (SSSR count). The van der Waals surface area contributed by atoms with Gasteiger partial charge in [0.1, 0.15) is 0 Å². The van der Waals surface area contributed by atoms with Crippen molar-refractivity contribution in [3.05, 3.63) is 46.6 Å². The van der Waals surface area contributed by atoms with Crippen LogP contribution in [0.1, 0.15) is 92.4 Å². The number of nitrogens with zero attached hydrogens (tertiary/aromatic N) is 1. The van der Waals surface area contributed by atoms with Gasteiger partial charge in [0.15, 0.2) is 0 Å². The Morgan fingerprint density at radius 2 is 1.08 bits per heavy atom. The van der Waals surface area contributed by atoms with Crippen molar-refractivity contribution in [1.29, 1.82) is 0 Å². The van der Waals surface area contributed by atoms with E-state index in [0.29, 0.717) is 0 Å². The maximum absolute atomic E-state index is 2.60. The van der Waals surface area contributed by atoms with E-state index in [1.54, 1.807) is 11.1 Å². The molecular formula is C25H43N. The van der Waals surface area contributed by atoms with Crippen molar-refractivity contribution >= 4 is 0 Å². The van der Waals surface area contributed by atoms with E-state index in [1.807, 2.05) is 0 Å². The van der Waals surface area contributed by atoms with E-state index in [1.165, 1.54) is 82.0 Å². The lowest BCUT2D eigenvalue weighted by Gasteiger charge is -2.25. The van der Waals surface area contributed by atoms with Crippen molar-refractivity contribution in [2.75, 3.05) is 19.6 Å². The van der Waals surface area contributed by atoms with Gasteiger partial charge >= 0.3 is 0 Å². The standard InChI is InChI=1S/C25H43N/c1-22(2)12-9-13-23(3)14-10-15-24(4)16-11-17-25(5)18-21-26-19-7-6-8-20-26/h12,14,16,18H,6-11,13,15,17,19-21H2,1-5H3/b23-14+,24-16+,25-18+. The van der Waals surface area contributed by atoms with Crippen molar-refractivity contribution < 1.29 is 0 Å². The average Bonchev–Trinajstić information content (AvgIpc) is 2.60. The molecule has 1 heterocycles. The van der Waals surface area contributed by atoms with Crippen molar-refractivity contribution in [3.63, 3.8) is 0 Å². The first-order chi connectivity index (χ1) is 12.5. The van der Waals surface area contributed by atoms with Gasteiger partial charge in [-0.15, -0.1) is 0 Å². The molecule has 0 N–H and O–H groups in total. The summed E-state index contributed by atoms with van der Waals surface area (Å²) >= 11 is 0. The van der Waals surface area contributed by atoms with Crippen LogP contribution in [-0.2, 0) is 0 Å². The molecule has 1 aliphatic rings. The van der Waals surface area contributed by atoms with Gasteiger partial charge in [-0.2, -0.15) is 0 Å². The zero-order valence-electron chi connectivity index (χ0n) is 18.2. The maximum Gasteiger partial charge on any atom is 0.0165 e. The molecule has 0 aliphatic carbocycles. The number of allylic oxidation sites excluding steroid dienone is 7. The Kier molecular flexibility index (Phi) is 12.4. The maximum atomic E-state index is 2.60. The molecule has 0 spiro atoms. The second kappa shape index (κ2) is 14.0. The van der Waals surface area contributed by atoms with E-state index >= 15 is 0 Å². The monoisotopic (exact) mass is 357 g/mol. The predicted octanol–water partition coefficient (Wildman–Crippen LogP) is 7.62. The number of piperidine rings is 1. The van der Waals surface area contributed by atoms with Crippen molar-refractivity contribution in [2.45, 2.75) is 92.4 Å². The molecular weight excluding hydrogens is 314 g/mol. The minimum atomic E-state index is 1.16. The van der Waals surface area contributed by atoms with Crippen LogP contribution in [-0.4, -0.2) is 24.5 Å². The Bertz CT molecular complexity index is 494. The number of rotatable bonds is 11. The summed E-state index contributed by atoms with van der Waals surface area (Å²) in [5.74, 6) is 0. The van der Waals surface area contributed by atoms with Crippen LogP contribution >= 0.6 is 0 Å². The van der Waals surface area contributed by atoms with E-state index in [4.69, 9.17) is 0 Å². The van der Waals surface area contributed by atoms with Crippen LogP contribution in [0, 0.1) is 0 Å². The minimum absolute atomic E-state index is 1.16. The molecule has 26 heavy (non-hydrogen) atoms. The molecule has 0 saturated carbocycles. The summed E-state index contributed by atoms with van der Waals surface area (Å²) in [4.78, 5) is 2.60. The van der Waals surface area contributed by atoms with Crippen LogP contribution < -0.4 is 0 Å². The molecule has 1 aliphatic heterocycles. The molecule has 148 valence electrons. The average molecular weight is 358 g/mol. The van der Waals surface area contributed by atoms with Gasteiger partial charge < -0.3 is 0 Å². The topological polar surface area (TPSA) is 3.24 Å². The number of hydrogen-bond donors (Lipinski definition) is 0. The zero-order valence-corrected chi connectivity index (χ0v) is 18.2. The number of likely N-dealkylation sites (tertiary alicyclic amines) is 1. The molecule has 0 unspecified atom stereocenters. The normalized spacial score (nSPS) is 17.5. The fourth-order valence-corrected chi connectivity index (χ4v) is 3.41. The summed E-state index contributed by atoms with van der Waals surface area (Å²) in [5, 5.41) is 0. The quantitative estimate of drug-likeness (QED) is 0.344. The van der Waals surface area contributed by atoms with Crippen LogP contribution in [0.3, 0.4) is 0 Å². The highest BCUT2D eigenvalue weighted by molar-refractivity contribution is 5.07. The fraction of sp³-hybridized carbons (Fsp3) is 0.680. The highest BCUT2D eigenvalue weighted by atomic mass is 15.1. The summed E-state index contributed by atoms with van der Waals surface area (Å²) in [5.41, 5.74) is 6.06. The van der Waals surface area contributed by atoms with Crippen LogP contribution in [0.4, 0.5) is 0 Å². The first-order valence-electron chi connectivity index (χ1n) is 10.8. The third-order valence-corrected chi connectivity index (χ3v) is 5.30. The minimum Gasteiger partial charge on any atom is -0.300 e.